The number of benzene rings is 1. The molecule has 1 aromatic heterocycles. The first-order valence-corrected chi connectivity index (χ1v) is 7.94. The van der Waals surface area contributed by atoms with Crippen molar-refractivity contribution in [3.8, 4) is 0 Å². The molecule has 2 rings (SSSR count). The van der Waals surface area contributed by atoms with Crippen LogP contribution in [0.1, 0.15) is 35.0 Å². The minimum absolute atomic E-state index is 0.120. The smallest absolute Gasteiger partial charge is 0.357 e. The van der Waals surface area contributed by atoms with Crippen LogP contribution in [0.15, 0.2) is 29.6 Å². The fraction of sp³-hybridized carbons (Fsp3) is 0.312. The lowest BCUT2D eigenvalue weighted by atomic mass is 10.1. The highest BCUT2D eigenvalue weighted by atomic mass is 32.1. The Bertz CT molecular complexity index is 650. The zero-order chi connectivity index (χ0) is 15.9. The van der Waals surface area contributed by atoms with Crippen LogP contribution < -0.4 is 5.32 Å². The lowest BCUT2D eigenvalue weighted by molar-refractivity contribution is -0.116. The molecule has 22 heavy (non-hydrogen) atoms. The number of carbonyl (C=O) groups is 2. The summed E-state index contributed by atoms with van der Waals surface area (Å²) >= 11 is 1.21. The van der Waals surface area contributed by atoms with Crippen molar-refractivity contribution < 1.29 is 14.3 Å². The number of aryl methyl sites for hydroxylation is 2. The van der Waals surface area contributed by atoms with Gasteiger partial charge in [-0.2, -0.15) is 0 Å². The molecule has 0 saturated heterocycles. The summed E-state index contributed by atoms with van der Waals surface area (Å²) in [6.45, 7) is 4.06. The van der Waals surface area contributed by atoms with E-state index in [9.17, 15) is 9.59 Å². The predicted molar refractivity (Wildman–Crippen MR) is 86.2 cm³/mol. The molecule has 5 nitrogen and oxygen atoms in total. The monoisotopic (exact) mass is 318 g/mol. The fourth-order valence-corrected chi connectivity index (χ4v) is 2.52. The van der Waals surface area contributed by atoms with Gasteiger partial charge < -0.3 is 10.1 Å². The fourth-order valence-electron chi connectivity index (χ4n) is 1.82. The minimum Gasteiger partial charge on any atom is -0.461 e. The Morgan fingerprint density at radius 1 is 1.27 bits per heavy atom. The first-order chi connectivity index (χ1) is 10.6. The number of amides is 1. The van der Waals surface area contributed by atoms with E-state index >= 15 is 0 Å². The number of rotatable bonds is 6. The van der Waals surface area contributed by atoms with Crippen LogP contribution in [0.4, 0.5) is 5.13 Å². The van der Waals surface area contributed by atoms with E-state index in [0.29, 0.717) is 24.6 Å². The molecule has 1 heterocycles. The summed E-state index contributed by atoms with van der Waals surface area (Å²) in [7, 11) is 0. The number of hydrogen-bond donors (Lipinski definition) is 1. The van der Waals surface area contributed by atoms with E-state index in [1.165, 1.54) is 16.9 Å². The Labute approximate surface area is 133 Å². The summed E-state index contributed by atoms with van der Waals surface area (Å²) in [5.74, 6) is -0.593. The molecule has 0 aliphatic heterocycles. The van der Waals surface area contributed by atoms with Gasteiger partial charge in [0.1, 0.15) is 0 Å². The number of nitrogens with zero attached hydrogens (tertiary/aromatic N) is 1. The van der Waals surface area contributed by atoms with Crippen molar-refractivity contribution in [2.45, 2.75) is 26.7 Å². The van der Waals surface area contributed by atoms with Gasteiger partial charge in [-0.3, -0.25) is 4.79 Å². The van der Waals surface area contributed by atoms with E-state index in [2.05, 4.69) is 10.3 Å². The summed E-state index contributed by atoms with van der Waals surface area (Å²) in [5, 5.41) is 4.69. The van der Waals surface area contributed by atoms with Gasteiger partial charge in [-0.25, -0.2) is 9.78 Å². The Morgan fingerprint density at radius 3 is 2.68 bits per heavy atom. The highest BCUT2D eigenvalue weighted by molar-refractivity contribution is 7.14. The van der Waals surface area contributed by atoms with Crippen molar-refractivity contribution >= 4 is 28.3 Å². The zero-order valence-electron chi connectivity index (χ0n) is 12.6. The first-order valence-electron chi connectivity index (χ1n) is 7.06. The number of esters is 1. The van der Waals surface area contributed by atoms with E-state index in [1.54, 1.807) is 12.3 Å². The molecular weight excluding hydrogens is 300 g/mol. The number of hydrogen-bond acceptors (Lipinski definition) is 5. The summed E-state index contributed by atoms with van der Waals surface area (Å²) in [6, 6.07) is 8.09. The van der Waals surface area contributed by atoms with Gasteiger partial charge in [0.2, 0.25) is 5.91 Å². The number of thiazole rings is 1. The van der Waals surface area contributed by atoms with Crippen molar-refractivity contribution in [2.24, 2.45) is 0 Å². The van der Waals surface area contributed by atoms with Crippen LogP contribution >= 0.6 is 11.3 Å². The average molecular weight is 318 g/mol. The van der Waals surface area contributed by atoms with Gasteiger partial charge in [0.15, 0.2) is 10.8 Å². The molecule has 0 bridgehead atoms. The molecule has 0 saturated carbocycles. The van der Waals surface area contributed by atoms with Gasteiger partial charge in [0.05, 0.1) is 6.61 Å². The standard InChI is InChI=1S/C16H18N2O3S/c1-3-21-15(20)13-10-22-16(17-13)18-14(19)9-8-12-6-4-11(2)5-7-12/h4-7,10H,3,8-9H2,1-2H3,(H,17,18,19). The number of carbonyl (C=O) groups excluding carboxylic acids is 2. The normalized spacial score (nSPS) is 10.3. The molecule has 0 unspecified atom stereocenters. The molecule has 0 spiro atoms. The Balaban J connectivity index is 1.84. The first kappa shape index (κ1) is 16.2. The van der Waals surface area contributed by atoms with E-state index in [4.69, 9.17) is 4.74 Å². The quantitative estimate of drug-likeness (QED) is 0.831. The van der Waals surface area contributed by atoms with Crippen molar-refractivity contribution in [3.63, 3.8) is 0 Å². The van der Waals surface area contributed by atoms with Gasteiger partial charge in [0.25, 0.3) is 0 Å². The molecule has 1 N–H and O–H groups in total. The molecule has 0 aliphatic carbocycles. The second kappa shape index (κ2) is 7.70. The lowest BCUT2D eigenvalue weighted by Gasteiger charge is -2.03. The van der Waals surface area contributed by atoms with Crippen LogP contribution in [0, 0.1) is 6.92 Å². The third-order valence-corrected chi connectivity index (χ3v) is 3.75. The van der Waals surface area contributed by atoms with E-state index < -0.39 is 5.97 Å². The largest absolute Gasteiger partial charge is 0.461 e. The average Bonchev–Trinajstić information content (AvgIpc) is 2.95. The molecule has 0 fully saturated rings. The molecule has 2 aromatic rings. The maximum absolute atomic E-state index is 11.9. The van der Waals surface area contributed by atoms with Gasteiger partial charge in [-0.15, -0.1) is 11.3 Å². The highest BCUT2D eigenvalue weighted by Gasteiger charge is 2.13. The van der Waals surface area contributed by atoms with E-state index in [1.807, 2.05) is 31.2 Å². The zero-order valence-corrected chi connectivity index (χ0v) is 13.4. The Morgan fingerprint density at radius 2 is 2.00 bits per heavy atom. The second-order valence-corrected chi connectivity index (χ2v) is 5.65. The molecule has 6 heteroatoms. The molecule has 0 radical (unpaired) electrons. The second-order valence-electron chi connectivity index (χ2n) is 4.79. The molecular formula is C16H18N2O3S. The van der Waals surface area contributed by atoms with Gasteiger partial charge in [-0.05, 0) is 25.8 Å². The van der Waals surface area contributed by atoms with Crippen molar-refractivity contribution in [2.75, 3.05) is 11.9 Å². The van der Waals surface area contributed by atoms with Crippen LogP contribution in [-0.4, -0.2) is 23.5 Å². The van der Waals surface area contributed by atoms with E-state index in [0.717, 1.165) is 5.56 Å². The van der Waals surface area contributed by atoms with Crippen LogP contribution in [-0.2, 0) is 16.0 Å². The van der Waals surface area contributed by atoms with Crippen molar-refractivity contribution in [3.05, 3.63) is 46.5 Å². The molecule has 1 aromatic carbocycles. The molecule has 1 amide bonds. The Kier molecular flexibility index (Phi) is 5.66. The third-order valence-electron chi connectivity index (χ3n) is 3.00. The summed E-state index contributed by atoms with van der Waals surface area (Å²) in [6.07, 6.45) is 1.04. The van der Waals surface area contributed by atoms with Crippen molar-refractivity contribution in [1.82, 2.24) is 4.98 Å². The predicted octanol–water partition coefficient (Wildman–Crippen LogP) is 3.20. The van der Waals surface area contributed by atoms with Gasteiger partial charge in [-0.1, -0.05) is 29.8 Å². The minimum atomic E-state index is -0.473. The summed E-state index contributed by atoms with van der Waals surface area (Å²) in [4.78, 5) is 27.4. The van der Waals surface area contributed by atoms with Gasteiger partial charge in [0, 0.05) is 11.8 Å². The van der Waals surface area contributed by atoms with Crippen LogP contribution in [0.3, 0.4) is 0 Å². The number of nitrogens with one attached hydrogen (secondary N) is 1. The number of aromatic nitrogens is 1. The highest BCUT2D eigenvalue weighted by Crippen LogP contribution is 2.16. The lowest BCUT2D eigenvalue weighted by Crippen LogP contribution is -2.12. The molecule has 0 aliphatic rings. The maximum Gasteiger partial charge on any atom is 0.357 e. The summed E-state index contributed by atoms with van der Waals surface area (Å²) in [5.41, 5.74) is 2.54. The van der Waals surface area contributed by atoms with Crippen LogP contribution in [0.5, 0.6) is 0 Å². The van der Waals surface area contributed by atoms with E-state index in [-0.39, 0.29) is 11.6 Å². The number of ether oxygens (including phenoxy) is 1. The molecule has 116 valence electrons. The van der Waals surface area contributed by atoms with Gasteiger partial charge >= 0.3 is 5.97 Å². The third kappa shape index (κ3) is 4.66. The van der Waals surface area contributed by atoms with Crippen LogP contribution in [0.25, 0.3) is 0 Å². The van der Waals surface area contributed by atoms with Crippen molar-refractivity contribution in [1.29, 1.82) is 0 Å². The molecule has 0 atom stereocenters. The maximum atomic E-state index is 11.9. The Hall–Kier alpha value is -2.21. The SMILES string of the molecule is CCOC(=O)c1csc(NC(=O)CCc2ccc(C)cc2)n1. The topological polar surface area (TPSA) is 68.3 Å². The summed E-state index contributed by atoms with van der Waals surface area (Å²) < 4.78 is 4.85. The van der Waals surface area contributed by atoms with Crippen LogP contribution in [0.2, 0.25) is 0 Å². The number of anilines is 1.